The van der Waals surface area contributed by atoms with Gasteiger partial charge < -0.3 is 11.1 Å². The Hall–Kier alpha value is -1.19. The largest absolute Gasteiger partial charge is 0.399 e. The van der Waals surface area contributed by atoms with Crippen LogP contribution in [0.5, 0.6) is 0 Å². The number of amides is 1. The zero-order valence-electron chi connectivity index (χ0n) is 10.7. The summed E-state index contributed by atoms with van der Waals surface area (Å²) in [4.78, 5) is 10.6. The highest BCUT2D eigenvalue weighted by Gasteiger charge is 2.21. The van der Waals surface area contributed by atoms with Crippen LogP contribution in [0, 0.1) is 5.82 Å². The van der Waals surface area contributed by atoms with Gasteiger partial charge in [0.1, 0.15) is 4.90 Å². The summed E-state index contributed by atoms with van der Waals surface area (Å²) in [6.07, 6.45) is -0.0296. The highest BCUT2D eigenvalue weighted by atomic mass is 79.9. The highest BCUT2D eigenvalue weighted by Crippen LogP contribution is 2.25. The predicted octanol–water partition coefficient (Wildman–Crippen LogP) is 0.975. The van der Waals surface area contributed by atoms with Crippen LogP contribution < -0.4 is 15.8 Å². The zero-order valence-corrected chi connectivity index (χ0v) is 13.1. The van der Waals surface area contributed by atoms with Crippen molar-refractivity contribution in [1.82, 2.24) is 10.0 Å². The Balaban J connectivity index is 2.82. The third-order valence-electron chi connectivity index (χ3n) is 2.32. The molecule has 1 amide bonds. The lowest BCUT2D eigenvalue weighted by Crippen LogP contribution is -2.31. The molecule has 1 aromatic carbocycles. The van der Waals surface area contributed by atoms with Gasteiger partial charge in [0, 0.05) is 25.2 Å². The Bertz CT molecular complexity index is 607. The van der Waals surface area contributed by atoms with E-state index in [0.29, 0.717) is 6.54 Å². The topological polar surface area (TPSA) is 101 Å². The molecule has 112 valence electrons. The number of nitrogens with one attached hydrogen (secondary N) is 2. The van der Waals surface area contributed by atoms with Crippen molar-refractivity contribution >= 4 is 37.5 Å². The monoisotopic (exact) mass is 367 g/mol. The second-order valence-corrected chi connectivity index (χ2v) is 6.51. The van der Waals surface area contributed by atoms with E-state index < -0.39 is 20.7 Å². The number of nitrogen functional groups attached to an aromatic ring is 1. The molecule has 4 N–H and O–H groups in total. The molecule has 0 saturated heterocycles. The lowest BCUT2D eigenvalue weighted by molar-refractivity contribution is -0.120. The van der Waals surface area contributed by atoms with Gasteiger partial charge in [-0.3, -0.25) is 4.79 Å². The second-order valence-electron chi connectivity index (χ2n) is 3.92. The number of anilines is 1. The van der Waals surface area contributed by atoms with Crippen LogP contribution in [0.4, 0.5) is 10.1 Å². The summed E-state index contributed by atoms with van der Waals surface area (Å²) in [5.41, 5.74) is 5.60. The molecule has 0 aromatic heterocycles. The van der Waals surface area contributed by atoms with Gasteiger partial charge in [-0.2, -0.15) is 0 Å². The summed E-state index contributed by atoms with van der Waals surface area (Å²) in [5.74, 6) is -1.21. The van der Waals surface area contributed by atoms with Crippen molar-refractivity contribution in [2.24, 2.45) is 0 Å². The number of halogens is 2. The van der Waals surface area contributed by atoms with E-state index in [1.807, 2.05) is 0 Å². The van der Waals surface area contributed by atoms with Gasteiger partial charge in [0.05, 0.1) is 4.47 Å². The van der Waals surface area contributed by atoms with E-state index in [-0.39, 0.29) is 29.0 Å². The third kappa shape index (κ3) is 4.43. The van der Waals surface area contributed by atoms with Gasteiger partial charge in [-0.1, -0.05) is 0 Å². The summed E-state index contributed by atoms with van der Waals surface area (Å²) in [5, 5.41) is 2.53. The minimum atomic E-state index is -4.06. The van der Waals surface area contributed by atoms with Gasteiger partial charge in [-0.25, -0.2) is 17.5 Å². The molecule has 0 radical (unpaired) electrons. The molecule has 0 fully saturated rings. The lowest BCUT2D eigenvalue weighted by atomic mass is 10.3. The number of hydrogen-bond donors (Lipinski definition) is 3. The summed E-state index contributed by atoms with van der Waals surface area (Å²) >= 11 is 2.89. The maximum atomic E-state index is 13.8. The van der Waals surface area contributed by atoms with E-state index >= 15 is 0 Å². The molecular weight excluding hydrogens is 353 g/mol. The molecule has 0 aliphatic carbocycles. The van der Waals surface area contributed by atoms with Crippen molar-refractivity contribution in [2.75, 3.05) is 18.8 Å². The van der Waals surface area contributed by atoms with Crippen molar-refractivity contribution in [3.05, 3.63) is 22.4 Å². The van der Waals surface area contributed by atoms with Gasteiger partial charge in [-0.05, 0) is 35.0 Å². The smallest absolute Gasteiger partial charge is 0.243 e. The molecule has 9 heteroatoms. The lowest BCUT2D eigenvalue weighted by Gasteiger charge is -2.09. The van der Waals surface area contributed by atoms with Crippen LogP contribution in [0.3, 0.4) is 0 Å². The maximum absolute atomic E-state index is 13.8. The quantitative estimate of drug-likeness (QED) is 0.652. The molecule has 0 bridgehead atoms. The Morgan fingerprint density at radius 2 is 2.10 bits per heavy atom. The SMILES string of the molecule is CCNC(=O)CCNS(=O)(=O)c1cc(N)cc(Br)c1F. The molecular formula is C11H15BrFN3O3S. The van der Waals surface area contributed by atoms with Crippen LogP contribution in [0.15, 0.2) is 21.5 Å². The fraction of sp³-hybridized carbons (Fsp3) is 0.364. The van der Waals surface area contributed by atoms with Crippen molar-refractivity contribution in [1.29, 1.82) is 0 Å². The van der Waals surface area contributed by atoms with E-state index in [9.17, 15) is 17.6 Å². The third-order valence-corrected chi connectivity index (χ3v) is 4.36. The van der Waals surface area contributed by atoms with Gasteiger partial charge in [0.2, 0.25) is 15.9 Å². The van der Waals surface area contributed by atoms with Gasteiger partial charge in [0.25, 0.3) is 0 Å². The molecule has 0 aliphatic rings. The minimum absolute atomic E-state index is 0.0296. The molecule has 0 heterocycles. The van der Waals surface area contributed by atoms with E-state index in [2.05, 4.69) is 26.0 Å². The van der Waals surface area contributed by atoms with Gasteiger partial charge in [0.15, 0.2) is 5.82 Å². The average molecular weight is 368 g/mol. The Kier molecular flexibility index (Phi) is 5.90. The number of carbonyl (C=O) groups excluding carboxylic acids is 1. The summed E-state index contributed by atoms with van der Waals surface area (Å²) in [6.45, 7) is 2.09. The first-order valence-corrected chi connectivity index (χ1v) is 8.06. The van der Waals surface area contributed by atoms with Crippen LogP contribution in [-0.2, 0) is 14.8 Å². The van der Waals surface area contributed by atoms with Crippen molar-refractivity contribution < 1.29 is 17.6 Å². The minimum Gasteiger partial charge on any atom is -0.399 e. The zero-order chi connectivity index (χ0) is 15.3. The van der Waals surface area contributed by atoms with E-state index in [1.54, 1.807) is 6.92 Å². The number of benzene rings is 1. The molecule has 1 rings (SSSR count). The molecule has 20 heavy (non-hydrogen) atoms. The van der Waals surface area contributed by atoms with Crippen molar-refractivity contribution in [2.45, 2.75) is 18.2 Å². The average Bonchev–Trinajstić information content (AvgIpc) is 2.33. The van der Waals surface area contributed by atoms with Crippen LogP contribution >= 0.6 is 15.9 Å². The van der Waals surface area contributed by atoms with Crippen LogP contribution in [0.2, 0.25) is 0 Å². The molecule has 1 aromatic rings. The first-order chi connectivity index (χ1) is 9.27. The van der Waals surface area contributed by atoms with E-state index in [1.165, 1.54) is 6.07 Å². The number of nitrogens with two attached hydrogens (primary N) is 1. The second kappa shape index (κ2) is 7.00. The summed E-state index contributed by atoms with van der Waals surface area (Å²) in [6, 6.07) is 2.29. The molecule has 0 spiro atoms. The van der Waals surface area contributed by atoms with Crippen LogP contribution in [-0.4, -0.2) is 27.4 Å². The first kappa shape index (κ1) is 16.9. The Morgan fingerprint density at radius 1 is 1.45 bits per heavy atom. The molecule has 0 unspecified atom stereocenters. The predicted molar refractivity (Wildman–Crippen MR) is 77.0 cm³/mol. The van der Waals surface area contributed by atoms with Crippen molar-refractivity contribution in [3.63, 3.8) is 0 Å². The van der Waals surface area contributed by atoms with Gasteiger partial charge in [-0.15, -0.1) is 0 Å². The Labute approximate surface area is 125 Å². The van der Waals surface area contributed by atoms with E-state index in [0.717, 1.165) is 6.07 Å². The highest BCUT2D eigenvalue weighted by molar-refractivity contribution is 9.10. The van der Waals surface area contributed by atoms with Gasteiger partial charge >= 0.3 is 0 Å². The van der Waals surface area contributed by atoms with Crippen molar-refractivity contribution in [3.8, 4) is 0 Å². The fourth-order valence-electron chi connectivity index (χ4n) is 1.44. The van der Waals surface area contributed by atoms with Crippen LogP contribution in [0.1, 0.15) is 13.3 Å². The number of carbonyl (C=O) groups is 1. The van der Waals surface area contributed by atoms with E-state index in [4.69, 9.17) is 5.73 Å². The normalized spacial score (nSPS) is 11.3. The standard InChI is InChI=1S/C11H15BrFN3O3S/c1-2-15-10(17)3-4-16-20(18,19)9-6-7(14)5-8(12)11(9)13/h5-6,16H,2-4,14H2,1H3,(H,15,17). The number of sulfonamides is 1. The molecule has 0 saturated carbocycles. The Morgan fingerprint density at radius 3 is 2.70 bits per heavy atom. The molecule has 0 aliphatic heterocycles. The van der Waals surface area contributed by atoms with Crippen LogP contribution in [0.25, 0.3) is 0 Å². The number of hydrogen-bond acceptors (Lipinski definition) is 4. The number of rotatable bonds is 6. The maximum Gasteiger partial charge on any atom is 0.243 e. The summed E-state index contributed by atoms with van der Waals surface area (Å²) in [7, 11) is -4.06. The fourth-order valence-corrected chi connectivity index (χ4v) is 3.21. The molecule has 6 nitrogen and oxygen atoms in total. The molecule has 0 atom stereocenters. The first-order valence-electron chi connectivity index (χ1n) is 5.78. The summed E-state index contributed by atoms with van der Waals surface area (Å²) < 4.78 is 39.8.